The summed E-state index contributed by atoms with van der Waals surface area (Å²) < 4.78 is 1.98. The fourth-order valence-corrected chi connectivity index (χ4v) is 1.63. The van der Waals surface area contributed by atoms with Crippen LogP contribution in [-0.2, 0) is 13.0 Å². The maximum absolute atomic E-state index is 9.30. The van der Waals surface area contributed by atoms with Gasteiger partial charge in [-0.3, -0.25) is 4.68 Å². The van der Waals surface area contributed by atoms with Gasteiger partial charge < -0.3 is 5.11 Å². The van der Waals surface area contributed by atoms with Crippen LogP contribution in [0.2, 0.25) is 0 Å². The zero-order valence-corrected chi connectivity index (χ0v) is 8.83. The van der Waals surface area contributed by atoms with Gasteiger partial charge in [0.05, 0.1) is 11.8 Å². The van der Waals surface area contributed by atoms with Crippen LogP contribution in [0.25, 0.3) is 0 Å². The summed E-state index contributed by atoms with van der Waals surface area (Å²) in [6, 6.07) is 0. The first kappa shape index (κ1) is 10.3. The van der Waals surface area contributed by atoms with Gasteiger partial charge in [0.1, 0.15) is 0 Å². The molecule has 0 saturated heterocycles. The zero-order valence-electron chi connectivity index (χ0n) is 8.83. The summed E-state index contributed by atoms with van der Waals surface area (Å²) in [5.74, 6) is 0. The lowest BCUT2D eigenvalue weighted by Gasteiger charge is -2.04. The Bertz CT molecular complexity index is 289. The third-order valence-electron chi connectivity index (χ3n) is 2.33. The molecule has 0 aliphatic carbocycles. The van der Waals surface area contributed by atoms with Crippen molar-refractivity contribution in [3.05, 3.63) is 17.0 Å². The van der Waals surface area contributed by atoms with Gasteiger partial charge in [-0.1, -0.05) is 0 Å². The SMILES string of the molecule is CCn1nc(C)c(C[C@@H](C)O)c1C. The second kappa shape index (κ2) is 3.92. The number of hydrogen-bond donors (Lipinski definition) is 1. The number of aromatic nitrogens is 2. The summed E-state index contributed by atoms with van der Waals surface area (Å²) in [4.78, 5) is 0. The Morgan fingerprint density at radius 1 is 1.46 bits per heavy atom. The Morgan fingerprint density at radius 3 is 2.46 bits per heavy atom. The molecule has 0 bridgehead atoms. The van der Waals surface area contributed by atoms with E-state index in [-0.39, 0.29) is 6.10 Å². The van der Waals surface area contributed by atoms with Gasteiger partial charge in [0.25, 0.3) is 0 Å². The smallest absolute Gasteiger partial charge is 0.0629 e. The first-order valence-electron chi connectivity index (χ1n) is 4.77. The van der Waals surface area contributed by atoms with Crippen molar-refractivity contribution in [1.82, 2.24) is 9.78 Å². The van der Waals surface area contributed by atoms with Gasteiger partial charge >= 0.3 is 0 Å². The van der Waals surface area contributed by atoms with Gasteiger partial charge in [-0.05, 0) is 33.3 Å². The molecule has 0 saturated carbocycles. The molecule has 3 heteroatoms. The highest BCUT2D eigenvalue weighted by Crippen LogP contribution is 2.14. The van der Waals surface area contributed by atoms with Crippen LogP contribution in [0.1, 0.15) is 30.8 Å². The molecule has 13 heavy (non-hydrogen) atoms. The average Bonchev–Trinajstić information content (AvgIpc) is 2.31. The van der Waals surface area contributed by atoms with Gasteiger partial charge in [-0.2, -0.15) is 5.10 Å². The van der Waals surface area contributed by atoms with Crippen LogP contribution >= 0.6 is 0 Å². The van der Waals surface area contributed by atoms with Crippen molar-refractivity contribution in [2.24, 2.45) is 0 Å². The van der Waals surface area contributed by atoms with Crippen LogP contribution in [0.15, 0.2) is 0 Å². The first-order valence-corrected chi connectivity index (χ1v) is 4.77. The maximum Gasteiger partial charge on any atom is 0.0629 e. The molecule has 0 fully saturated rings. The Balaban J connectivity index is 2.98. The van der Waals surface area contributed by atoms with Gasteiger partial charge in [0, 0.05) is 18.7 Å². The summed E-state index contributed by atoms with van der Waals surface area (Å²) in [6.07, 6.45) is 0.421. The predicted molar refractivity (Wildman–Crippen MR) is 52.8 cm³/mol. The number of nitrogens with zero attached hydrogens (tertiary/aromatic N) is 2. The van der Waals surface area contributed by atoms with E-state index in [4.69, 9.17) is 0 Å². The number of aliphatic hydroxyl groups excluding tert-OH is 1. The monoisotopic (exact) mass is 182 g/mol. The van der Waals surface area contributed by atoms with E-state index in [1.54, 1.807) is 0 Å². The van der Waals surface area contributed by atoms with Gasteiger partial charge in [-0.25, -0.2) is 0 Å². The molecule has 3 nitrogen and oxygen atoms in total. The number of aryl methyl sites for hydroxylation is 2. The lowest BCUT2D eigenvalue weighted by atomic mass is 10.1. The van der Waals surface area contributed by atoms with E-state index in [0.717, 1.165) is 12.2 Å². The zero-order chi connectivity index (χ0) is 10.0. The van der Waals surface area contributed by atoms with Crippen molar-refractivity contribution < 1.29 is 5.11 Å². The fourth-order valence-electron chi connectivity index (χ4n) is 1.63. The van der Waals surface area contributed by atoms with E-state index in [2.05, 4.69) is 18.9 Å². The lowest BCUT2D eigenvalue weighted by molar-refractivity contribution is 0.195. The maximum atomic E-state index is 9.30. The molecule has 1 atom stereocenters. The molecule has 0 aromatic carbocycles. The number of aliphatic hydroxyl groups is 1. The second-order valence-corrected chi connectivity index (χ2v) is 3.52. The molecule has 0 unspecified atom stereocenters. The van der Waals surface area contributed by atoms with E-state index in [1.165, 1.54) is 11.3 Å². The van der Waals surface area contributed by atoms with Crippen molar-refractivity contribution >= 4 is 0 Å². The Labute approximate surface area is 79.4 Å². The molecule has 0 aliphatic heterocycles. The second-order valence-electron chi connectivity index (χ2n) is 3.52. The Hall–Kier alpha value is -0.830. The van der Waals surface area contributed by atoms with Crippen molar-refractivity contribution in [2.45, 2.75) is 46.8 Å². The summed E-state index contributed by atoms with van der Waals surface area (Å²) in [7, 11) is 0. The topological polar surface area (TPSA) is 38.0 Å². The van der Waals surface area contributed by atoms with Crippen molar-refractivity contribution in [1.29, 1.82) is 0 Å². The largest absolute Gasteiger partial charge is 0.393 e. The molecule has 0 amide bonds. The number of rotatable bonds is 3. The van der Waals surface area contributed by atoms with E-state index >= 15 is 0 Å². The van der Waals surface area contributed by atoms with Crippen LogP contribution < -0.4 is 0 Å². The van der Waals surface area contributed by atoms with Crippen LogP contribution in [0.3, 0.4) is 0 Å². The standard InChI is InChI=1S/C10H18N2O/c1-5-12-9(4)10(6-7(2)13)8(3)11-12/h7,13H,5-6H2,1-4H3/t7-/m1/s1. The molecule has 1 rings (SSSR count). The molecule has 1 aromatic heterocycles. The molecule has 1 heterocycles. The number of hydrogen-bond acceptors (Lipinski definition) is 2. The van der Waals surface area contributed by atoms with Gasteiger partial charge in [0.2, 0.25) is 0 Å². The normalized spacial score (nSPS) is 13.3. The molecule has 1 N–H and O–H groups in total. The summed E-state index contributed by atoms with van der Waals surface area (Å²) >= 11 is 0. The van der Waals surface area contributed by atoms with E-state index in [1.807, 2.05) is 18.5 Å². The quantitative estimate of drug-likeness (QED) is 0.768. The summed E-state index contributed by atoms with van der Waals surface area (Å²) in [5, 5.41) is 13.7. The highest BCUT2D eigenvalue weighted by atomic mass is 16.3. The molecule has 0 radical (unpaired) electrons. The highest BCUT2D eigenvalue weighted by molar-refractivity contribution is 5.25. The molecular weight excluding hydrogens is 164 g/mol. The minimum Gasteiger partial charge on any atom is -0.393 e. The minimum atomic E-state index is -0.285. The van der Waals surface area contributed by atoms with Crippen LogP contribution in [0, 0.1) is 13.8 Å². The predicted octanol–water partition coefficient (Wildman–Crippen LogP) is 1.44. The molecule has 74 valence electrons. The lowest BCUT2D eigenvalue weighted by Crippen LogP contribution is -2.06. The average molecular weight is 182 g/mol. The van der Waals surface area contributed by atoms with Crippen LogP contribution in [0.4, 0.5) is 0 Å². The van der Waals surface area contributed by atoms with E-state index < -0.39 is 0 Å². The van der Waals surface area contributed by atoms with Gasteiger partial charge in [-0.15, -0.1) is 0 Å². The summed E-state index contributed by atoms with van der Waals surface area (Å²) in [5.41, 5.74) is 3.41. The Kier molecular flexibility index (Phi) is 3.09. The van der Waals surface area contributed by atoms with E-state index in [0.29, 0.717) is 6.42 Å². The summed E-state index contributed by atoms with van der Waals surface area (Å²) in [6.45, 7) is 8.83. The van der Waals surface area contributed by atoms with E-state index in [9.17, 15) is 5.11 Å². The molecular formula is C10H18N2O. The molecule has 0 spiro atoms. The van der Waals surface area contributed by atoms with Gasteiger partial charge in [0.15, 0.2) is 0 Å². The minimum absolute atomic E-state index is 0.285. The fraction of sp³-hybridized carbons (Fsp3) is 0.700. The molecule has 1 aromatic rings. The molecule has 0 aliphatic rings. The van der Waals surface area contributed by atoms with Crippen molar-refractivity contribution in [3.8, 4) is 0 Å². The third-order valence-corrected chi connectivity index (χ3v) is 2.33. The first-order chi connectivity index (χ1) is 6.06. The van der Waals surface area contributed by atoms with Crippen molar-refractivity contribution in [3.63, 3.8) is 0 Å². The van der Waals surface area contributed by atoms with Crippen molar-refractivity contribution in [2.75, 3.05) is 0 Å². The highest BCUT2D eigenvalue weighted by Gasteiger charge is 2.11. The van der Waals surface area contributed by atoms with Crippen LogP contribution in [0.5, 0.6) is 0 Å². The van der Waals surface area contributed by atoms with Crippen LogP contribution in [-0.4, -0.2) is 21.0 Å². The third kappa shape index (κ3) is 2.10. The Morgan fingerprint density at radius 2 is 2.08 bits per heavy atom.